The highest BCUT2D eigenvalue weighted by atomic mass is 16.2. The molecule has 0 amide bonds. The van der Waals surface area contributed by atoms with E-state index < -0.39 is 22.2 Å². The summed E-state index contributed by atoms with van der Waals surface area (Å²) in [7, 11) is 0. The van der Waals surface area contributed by atoms with Gasteiger partial charge in [0, 0.05) is 17.0 Å². The minimum Gasteiger partial charge on any atom is -0.288 e. The maximum Gasteiger partial charge on any atom is 0.266 e. The number of pyridine rings is 1. The van der Waals surface area contributed by atoms with Crippen molar-refractivity contribution < 1.29 is 4.57 Å². The number of aromatic amines is 1. The minimum absolute atomic E-state index is 0.108. The maximum absolute atomic E-state index is 13.5. The largest absolute Gasteiger partial charge is 0.288 e. The van der Waals surface area contributed by atoms with Gasteiger partial charge in [-0.25, -0.2) is 4.57 Å². The summed E-state index contributed by atoms with van der Waals surface area (Å²) in [5.41, 5.74) is 1.34. The zero-order valence-electron chi connectivity index (χ0n) is 20.3. The lowest BCUT2D eigenvalue weighted by atomic mass is 9.98. The van der Waals surface area contributed by atoms with Gasteiger partial charge in [-0.15, -0.1) is 0 Å². The zero-order chi connectivity index (χ0) is 26.1. The number of nitrogens with one attached hydrogen (secondary N) is 1. The molecule has 7 aromatic rings. The van der Waals surface area contributed by atoms with Crippen LogP contribution in [0.1, 0.15) is 6.92 Å². The molecule has 0 atom stereocenters. The first-order valence-electron chi connectivity index (χ1n) is 12.3. The highest BCUT2D eigenvalue weighted by Crippen LogP contribution is 2.32. The number of benzene rings is 4. The lowest BCUT2D eigenvalue weighted by Crippen LogP contribution is -2.36. The molecule has 0 bridgehead atoms. The third-order valence-corrected chi connectivity index (χ3v) is 7.38. The predicted octanol–water partition coefficient (Wildman–Crippen LogP) is 3.71. The lowest BCUT2D eigenvalue weighted by Gasteiger charge is -2.12. The van der Waals surface area contributed by atoms with Crippen LogP contribution in [0.5, 0.6) is 0 Å². The molecule has 1 N–H and O–H groups in total. The van der Waals surface area contributed by atoms with Gasteiger partial charge in [0.2, 0.25) is 11.2 Å². The molecule has 0 spiro atoms. The topological polar surface area (TPSA) is 92.9 Å². The van der Waals surface area contributed by atoms with E-state index in [-0.39, 0.29) is 21.5 Å². The summed E-state index contributed by atoms with van der Waals surface area (Å²) in [5, 5.41) is 3.43. The van der Waals surface area contributed by atoms with Crippen molar-refractivity contribution in [3.05, 3.63) is 126 Å². The van der Waals surface area contributed by atoms with Crippen molar-refractivity contribution in [1.29, 1.82) is 0 Å². The number of para-hydroxylation sites is 1. The molecule has 0 fully saturated rings. The van der Waals surface area contributed by atoms with Crippen LogP contribution >= 0.6 is 0 Å². The van der Waals surface area contributed by atoms with E-state index in [4.69, 9.17) is 0 Å². The molecule has 3 heterocycles. The Balaban J connectivity index is 1.61. The van der Waals surface area contributed by atoms with E-state index in [0.717, 1.165) is 44.0 Å². The van der Waals surface area contributed by atoms with Gasteiger partial charge in [-0.3, -0.25) is 24.2 Å². The van der Waals surface area contributed by atoms with Crippen molar-refractivity contribution in [2.24, 2.45) is 0 Å². The number of hydrogen-bond acceptors (Lipinski definition) is 4. The molecule has 182 valence electrons. The molecule has 0 radical (unpaired) electrons. The predicted molar refractivity (Wildman–Crippen MR) is 149 cm³/mol. The summed E-state index contributed by atoms with van der Waals surface area (Å²) < 4.78 is 3.37. The molecular formula is C31H20N3O4+. The van der Waals surface area contributed by atoms with Crippen LogP contribution in [-0.4, -0.2) is 9.55 Å². The van der Waals surface area contributed by atoms with Crippen LogP contribution in [0.25, 0.3) is 60.2 Å². The second kappa shape index (κ2) is 7.91. The van der Waals surface area contributed by atoms with E-state index in [0.29, 0.717) is 5.69 Å². The molecule has 7 nitrogen and oxygen atoms in total. The Bertz CT molecular complexity index is 2230. The van der Waals surface area contributed by atoms with Gasteiger partial charge in [-0.1, -0.05) is 36.4 Å². The van der Waals surface area contributed by atoms with Gasteiger partial charge >= 0.3 is 0 Å². The second-order valence-corrected chi connectivity index (χ2v) is 9.38. The van der Waals surface area contributed by atoms with Gasteiger partial charge < -0.3 is 0 Å². The second-order valence-electron chi connectivity index (χ2n) is 9.38. The molecule has 38 heavy (non-hydrogen) atoms. The molecule has 0 unspecified atom stereocenters. The third-order valence-electron chi connectivity index (χ3n) is 7.38. The summed E-state index contributed by atoms with van der Waals surface area (Å²) in [5.74, 6) is 0. The molecule has 7 heteroatoms. The number of hydrogen-bond donors (Lipinski definition) is 1. The zero-order valence-corrected chi connectivity index (χ0v) is 20.3. The Morgan fingerprint density at radius 3 is 1.92 bits per heavy atom. The normalized spacial score (nSPS) is 11.8. The highest BCUT2D eigenvalue weighted by molar-refractivity contribution is 6.09. The van der Waals surface area contributed by atoms with E-state index in [9.17, 15) is 19.2 Å². The third kappa shape index (κ3) is 2.93. The first kappa shape index (κ1) is 22.1. The number of H-pyrrole nitrogens is 1. The van der Waals surface area contributed by atoms with Crippen LogP contribution in [0.3, 0.4) is 0 Å². The molecule has 0 aliphatic heterocycles. The van der Waals surface area contributed by atoms with Gasteiger partial charge in [0.25, 0.3) is 22.2 Å². The van der Waals surface area contributed by atoms with Gasteiger partial charge in [-0.05, 0) is 49.4 Å². The number of aromatic nitrogens is 3. The summed E-state index contributed by atoms with van der Waals surface area (Å²) in [6.45, 7) is 2.81. The lowest BCUT2D eigenvalue weighted by molar-refractivity contribution is -0.655. The standard InChI is InChI=1S/C31H19N3O4/c1-2-33-26-11-7-6-10-20(26)19-13-12-18(14-21(19)27(33)17-8-4-3-5-9-17)34-30(37)24-15-22-23(16-25(24)31(34)38)29(36)32-28(22)35/h3-16H,2H2,1H3/p+1. The van der Waals surface area contributed by atoms with Crippen molar-refractivity contribution in [2.45, 2.75) is 13.5 Å². The Morgan fingerprint density at radius 1 is 0.632 bits per heavy atom. The fourth-order valence-corrected chi connectivity index (χ4v) is 5.68. The minimum atomic E-state index is -0.569. The highest BCUT2D eigenvalue weighted by Gasteiger charge is 2.24. The molecule has 0 aliphatic carbocycles. The van der Waals surface area contributed by atoms with Gasteiger partial charge in [-0.2, -0.15) is 4.57 Å². The summed E-state index contributed by atoms with van der Waals surface area (Å²) in [6.07, 6.45) is 0. The number of nitrogens with zero attached hydrogens (tertiary/aromatic N) is 2. The monoisotopic (exact) mass is 498 g/mol. The fourth-order valence-electron chi connectivity index (χ4n) is 5.68. The Labute approximate surface area is 214 Å². The van der Waals surface area contributed by atoms with Crippen LogP contribution in [0.15, 0.2) is 104 Å². The molecule has 0 aliphatic rings. The fraction of sp³-hybridized carbons (Fsp3) is 0.0645. The molecular weight excluding hydrogens is 478 g/mol. The van der Waals surface area contributed by atoms with E-state index in [2.05, 4.69) is 28.6 Å². The molecule has 7 rings (SSSR count). The summed E-state index contributed by atoms with van der Waals surface area (Å²) >= 11 is 0. The van der Waals surface area contributed by atoms with E-state index in [1.54, 1.807) is 6.07 Å². The first-order chi connectivity index (χ1) is 18.5. The van der Waals surface area contributed by atoms with Gasteiger partial charge in [0.1, 0.15) is 6.54 Å². The average molecular weight is 499 g/mol. The number of rotatable bonds is 3. The average Bonchev–Trinajstić information content (AvgIpc) is 3.37. The van der Waals surface area contributed by atoms with Crippen molar-refractivity contribution in [3.8, 4) is 16.9 Å². The Morgan fingerprint density at radius 2 is 1.26 bits per heavy atom. The van der Waals surface area contributed by atoms with Crippen LogP contribution in [0, 0.1) is 0 Å². The van der Waals surface area contributed by atoms with Crippen molar-refractivity contribution in [3.63, 3.8) is 0 Å². The molecule has 4 aromatic carbocycles. The molecule has 0 saturated heterocycles. The van der Waals surface area contributed by atoms with Crippen LogP contribution in [0.2, 0.25) is 0 Å². The van der Waals surface area contributed by atoms with Crippen LogP contribution in [-0.2, 0) is 6.54 Å². The Kier molecular flexibility index (Phi) is 4.59. The van der Waals surface area contributed by atoms with Crippen LogP contribution < -0.4 is 26.8 Å². The first-order valence-corrected chi connectivity index (χ1v) is 12.3. The van der Waals surface area contributed by atoms with Crippen molar-refractivity contribution in [1.82, 2.24) is 9.55 Å². The van der Waals surface area contributed by atoms with Gasteiger partial charge in [0.15, 0.2) is 0 Å². The number of aryl methyl sites for hydroxylation is 1. The molecule has 3 aromatic heterocycles. The van der Waals surface area contributed by atoms with Crippen LogP contribution in [0.4, 0.5) is 0 Å². The quantitative estimate of drug-likeness (QED) is 0.297. The SMILES string of the molecule is CC[n+]1c(-c2ccccc2)c2cc(-n3c(=O)c4cc5c(=O)[nH]c(=O)c5cc4c3=O)ccc2c2ccccc21. The number of fused-ring (bicyclic) bond motifs is 5. The molecule has 0 saturated carbocycles. The van der Waals surface area contributed by atoms with Crippen molar-refractivity contribution in [2.75, 3.05) is 0 Å². The smallest absolute Gasteiger partial charge is 0.266 e. The summed E-state index contributed by atoms with van der Waals surface area (Å²) in [6, 6.07) is 26.5. The van der Waals surface area contributed by atoms with E-state index >= 15 is 0 Å². The maximum atomic E-state index is 13.5. The van der Waals surface area contributed by atoms with Crippen molar-refractivity contribution >= 4 is 43.2 Å². The van der Waals surface area contributed by atoms with Gasteiger partial charge in [0.05, 0.1) is 38.0 Å². The summed E-state index contributed by atoms with van der Waals surface area (Å²) in [4.78, 5) is 53.5. The Hall–Kier alpha value is -5.17. The van der Waals surface area contributed by atoms with E-state index in [1.165, 1.54) is 12.1 Å². The van der Waals surface area contributed by atoms with E-state index in [1.807, 2.05) is 54.6 Å².